The molecule has 0 amide bonds. The predicted octanol–water partition coefficient (Wildman–Crippen LogP) is 3.40. The van der Waals surface area contributed by atoms with Crippen LogP contribution in [-0.4, -0.2) is 34.3 Å². The first kappa shape index (κ1) is 18.0. The fourth-order valence-electron chi connectivity index (χ4n) is 1.56. The monoisotopic (exact) mass is 335 g/mol. The van der Waals surface area contributed by atoms with Gasteiger partial charge >= 0.3 is 12.4 Å². The second-order valence-corrected chi connectivity index (χ2v) is 4.92. The van der Waals surface area contributed by atoms with Crippen LogP contribution < -0.4 is 5.32 Å². The summed E-state index contributed by atoms with van der Waals surface area (Å²) in [6, 6.07) is -0.481. The normalized spacial score (nSPS) is 23.2. The molecule has 2 atom stereocenters. The standard InChI is InChI=1S/C6H9ClF3N.C5H3F3N2/c7-4-1-2-5(11-3-4)6(8,9)10;6-5(7,8)4-1-2-9-10-3-4/h4-5,11H,1-3H2;1-3H. The average molecular weight is 336 g/mol. The maximum absolute atomic E-state index is 12.0. The Morgan fingerprint density at radius 2 is 1.76 bits per heavy atom. The van der Waals surface area contributed by atoms with Crippen molar-refractivity contribution in [1.82, 2.24) is 15.5 Å². The number of rotatable bonds is 0. The van der Waals surface area contributed by atoms with Crippen molar-refractivity contribution in [1.29, 1.82) is 0 Å². The Morgan fingerprint density at radius 1 is 1.10 bits per heavy atom. The van der Waals surface area contributed by atoms with Crippen molar-refractivity contribution in [3.63, 3.8) is 0 Å². The molecule has 0 aromatic carbocycles. The third kappa shape index (κ3) is 6.47. The van der Waals surface area contributed by atoms with Crippen LogP contribution in [0.5, 0.6) is 0 Å². The second-order valence-electron chi connectivity index (χ2n) is 4.31. The van der Waals surface area contributed by atoms with E-state index in [1.54, 1.807) is 0 Å². The fourth-order valence-corrected chi connectivity index (χ4v) is 1.77. The SMILES string of the molecule is FC(F)(F)C1CCC(Cl)CN1.FC(F)(F)c1ccnnc1. The Balaban J connectivity index is 0.000000211. The van der Waals surface area contributed by atoms with E-state index in [2.05, 4.69) is 15.5 Å². The number of hydrogen-bond donors (Lipinski definition) is 1. The topological polar surface area (TPSA) is 37.8 Å². The Hall–Kier alpha value is -1.09. The van der Waals surface area contributed by atoms with Crippen LogP contribution in [0.4, 0.5) is 26.3 Å². The minimum Gasteiger partial charge on any atom is -0.305 e. The third-order valence-electron chi connectivity index (χ3n) is 2.66. The number of halogens is 7. The molecule has 1 saturated heterocycles. The molecule has 1 fully saturated rings. The largest absolute Gasteiger partial charge is 0.418 e. The smallest absolute Gasteiger partial charge is 0.305 e. The first-order chi connectivity index (χ1) is 9.60. The van der Waals surface area contributed by atoms with Crippen LogP contribution >= 0.6 is 11.6 Å². The van der Waals surface area contributed by atoms with Gasteiger partial charge in [0.15, 0.2) is 0 Å². The summed E-state index contributed by atoms with van der Waals surface area (Å²) in [5, 5.41) is 8.50. The van der Waals surface area contributed by atoms with E-state index in [1.807, 2.05) is 0 Å². The van der Waals surface area contributed by atoms with E-state index in [-0.39, 0.29) is 18.3 Å². The van der Waals surface area contributed by atoms with Crippen molar-refractivity contribution in [2.45, 2.75) is 36.6 Å². The molecule has 120 valence electrons. The molecule has 0 radical (unpaired) electrons. The molecular formula is C11H12ClF6N3. The highest BCUT2D eigenvalue weighted by molar-refractivity contribution is 6.20. The summed E-state index contributed by atoms with van der Waals surface area (Å²) in [5.74, 6) is 0. The van der Waals surface area contributed by atoms with Crippen molar-refractivity contribution in [2.75, 3.05) is 6.54 Å². The summed E-state index contributed by atoms with van der Waals surface area (Å²) in [6.07, 6.45) is -6.20. The van der Waals surface area contributed by atoms with E-state index in [1.165, 1.54) is 0 Å². The zero-order valence-corrected chi connectivity index (χ0v) is 11.3. The number of nitrogens with zero attached hydrogens (tertiary/aromatic N) is 2. The lowest BCUT2D eigenvalue weighted by atomic mass is 10.0. The first-order valence-corrected chi connectivity index (χ1v) is 6.32. The number of piperidine rings is 1. The van der Waals surface area contributed by atoms with Gasteiger partial charge in [-0.1, -0.05) is 0 Å². The van der Waals surface area contributed by atoms with Gasteiger partial charge in [0.2, 0.25) is 0 Å². The van der Waals surface area contributed by atoms with Gasteiger partial charge < -0.3 is 5.32 Å². The van der Waals surface area contributed by atoms with Crippen LogP contribution in [0.2, 0.25) is 0 Å². The minimum atomic E-state index is -4.31. The van der Waals surface area contributed by atoms with E-state index >= 15 is 0 Å². The van der Waals surface area contributed by atoms with E-state index < -0.39 is 24.0 Å². The molecule has 0 spiro atoms. The first-order valence-electron chi connectivity index (χ1n) is 5.88. The fraction of sp³-hybridized carbons (Fsp3) is 0.636. The van der Waals surface area contributed by atoms with Gasteiger partial charge in [-0.3, -0.25) is 0 Å². The molecule has 2 rings (SSSR count). The van der Waals surface area contributed by atoms with Crippen LogP contribution in [0, 0.1) is 0 Å². The zero-order chi connectivity index (χ0) is 16.1. The summed E-state index contributed by atoms with van der Waals surface area (Å²) in [6.45, 7) is 0.256. The zero-order valence-electron chi connectivity index (χ0n) is 10.5. The number of alkyl halides is 7. The lowest BCUT2D eigenvalue weighted by Crippen LogP contribution is -2.48. The molecule has 1 N–H and O–H groups in total. The molecule has 1 aliphatic rings. The molecular weight excluding hydrogens is 324 g/mol. The van der Waals surface area contributed by atoms with Crippen molar-refractivity contribution >= 4 is 11.6 Å². The van der Waals surface area contributed by atoms with E-state index in [0.717, 1.165) is 12.3 Å². The van der Waals surface area contributed by atoms with E-state index in [0.29, 0.717) is 12.6 Å². The van der Waals surface area contributed by atoms with Crippen LogP contribution in [0.25, 0.3) is 0 Å². The maximum Gasteiger partial charge on any atom is 0.418 e. The second kappa shape index (κ2) is 7.26. The summed E-state index contributed by atoms with van der Waals surface area (Å²) in [4.78, 5) is 0. The summed E-state index contributed by atoms with van der Waals surface area (Å²) in [7, 11) is 0. The van der Waals surface area contributed by atoms with E-state index in [4.69, 9.17) is 11.6 Å². The molecule has 1 aromatic heterocycles. The summed E-state index contributed by atoms with van der Waals surface area (Å²) >= 11 is 5.60. The minimum absolute atomic E-state index is 0.0949. The Labute approximate surface area is 121 Å². The van der Waals surface area contributed by atoms with Crippen molar-refractivity contribution in [3.8, 4) is 0 Å². The molecule has 10 heteroatoms. The highest BCUT2D eigenvalue weighted by atomic mass is 35.5. The highest BCUT2D eigenvalue weighted by Gasteiger charge is 2.41. The van der Waals surface area contributed by atoms with Crippen LogP contribution in [0.3, 0.4) is 0 Å². The molecule has 21 heavy (non-hydrogen) atoms. The number of aromatic nitrogens is 2. The van der Waals surface area contributed by atoms with Gasteiger partial charge in [0.25, 0.3) is 0 Å². The van der Waals surface area contributed by atoms with E-state index in [9.17, 15) is 26.3 Å². The van der Waals surface area contributed by atoms with Gasteiger partial charge in [-0.2, -0.15) is 36.5 Å². The van der Waals surface area contributed by atoms with Crippen LogP contribution in [-0.2, 0) is 6.18 Å². The van der Waals surface area contributed by atoms with Crippen molar-refractivity contribution in [2.24, 2.45) is 0 Å². The lowest BCUT2D eigenvalue weighted by molar-refractivity contribution is -0.159. The van der Waals surface area contributed by atoms with Gasteiger partial charge in [-0.25, -0.2) is 0 Å². The lowest BCUT2D eigenvalue weighted by Gasteiger charge is -2.28. The molecule has 2 heterocycles. The Kier molecular flexibility index (Phi) is 6.21. The highest BCUT2D eigenvalue weighted by Crippen LogP contribution is 2.28. The summed E-state index contributed by atoms with van der Waals surface area (Å²) < 4.78 is 71.0. The average Bonchev–Trinajstić information content (AvgIpc) is 2.39. The molecule has 0 aliphatic carbocycles. The molecule has 3 nitrogen and oxygen atoms in total. The summed E-state index contributed by atoms with van der Waals surface area (Å²) in [5.41, 5.74) is -0.775. The molecule has 0 saturated carbocycles. The number of hydrogen-bond acceptors (Lipinski definition) is 3. The van der Waals surface area contributed by atoms with Gasteiger partial charge in [-0.05, 0) is 18.9 Å². The third-order valence-corrected chi connectivity index (χ3v) is 3.03. The molecule has 2 unspecified atom stereocenters. The quantitative estimate of drug-likeness (QED) is 0.583. The predicted molar refractivity (Wildman–Crippen MR) is 63.8 cm³/mol. The number of nitrogens with one attached hydrogen (secondary N) is 1. The van der Waals surface area contributed by atoms with Gasteiger partial charge in [0, 0.05) is 11.9 Å². The van der Waals surface area contributed by atoms with Crippen LogP contribution in [0.1, 0.15) is 18.4 Å². The Bertz CT molecular complexity index is 414. The van der Waals surface area contributed by atoms with Crippen molar-refractivity contribution < 1.29 is 26.3 Å². The van der Waals surface area contributed by atoms with Gasteiger partial charge in [0.1, 0.15) is 6.04 Å². The molecule has 0 bridgehead atoms. The van der Waals surface area contributed by atoms with Crippen molar-refractivity contribution in [3.05, 3.63) is 24.0 Å². The van der Waals surface area contributed by atoms with Gasteiger partial charge in [0.05, 0.1) is 18.0 Å². The van der Waals surface area contributed by atoms with Gasteiger partial charge in [-0.15, -0.1) is 11.6 Å². The molecule has 1 aliphatic heterocycles. The van der Waals surface area contributed by atoms with Crippen LogP contribution in [0.15, 0.2) is 18.5 Å². The Morgan fingerprint density at radius 3 is 2.10 bits per heavy atom. The molecule has 1 aromatic rings. The maximum atomic E-state index is 12.0.